The molecule has 0 spiro atoms. The molecule has 12 heteroatoms. The van der Waals surface area contributed by atoms with Gasteiger partial charge in [0.15, 0.2) is 0 Å². The number of allylic oxidation sites excluding steroid dienone is 1. The van der Waals surface area contributed by atoms with Gasteiger partial charge in [0.25, 0.3) is 11.8 Å². The number of carbonyl (C=O) groups is 4. The van der Waals surface area contributed by atoms with Crippen molar-refractivity contribution in [3.63, 3.8) is 0 Å². The van der Waals surface area contributed by atoms with Gasteiger partial charge in [0.2, 0.25) is 11.8 Å². The quantitative estimate of drug-likeness (QED) is 0.104. The van der Waals surface area contributed by atoms with Crippen LogP contribution in [0.25, 0.3) is 11.1 Å². The van der Waals surface area contributed by atoms with E-state index in [1.54, 1.807) is 24.3 Å². The number of hydrogen-bond donors (Lipinski definition) is 3. The lowest BCUT2D eigenvalue weighted by Crippen LogP contribution is -2.54. The lowest BCUT2D eigenvalue weighted by molar-refractivity contribution is -0.136. The van der Waals surface area contributed by atoms with Crippen molar-refractivity contribution < 1.29 is 29.2 Å². The van der Waals surface area contributed by atoms with Crippen LogP contribution in [0.2, 0.25) is 0 Å². The van der Waals surface area contributed by atoms with Crippen LogP contribution in [0.5, 0.6) is 0 Å². The fourth-order valence-corrected chi connectivity index (χ4v) is 9.31. The van der Waals surface area contributed by atoms with Crippen LogP contribution in [0.4, 0.5) is 11.4 Å². The van der Waals surface area contributed by atoms with Crippen LogP contribution in [0, 0.1) is 5.92 Å². The number of imide groups is 2. The summed E-state index contributed by atoms with van der Waals surface area (Å²) >= 11 is 0. The molecule has 11 nitrogen and oxygen atoms in total. The van der Waals surface area contributed by atoms with Crippen molar-refractivity contribution in [2.45, 2.75) is 57.9 Å². The van der Waals surface area contributed by atoms with Gasteiger partial charge < -0.3 is 19.8 Å². The molecule has 4 aromatic carbocycles. The predicted octanol–water partition coefficient (Wildman–Crippen LogP) is 4.96. The summed E-state index contributed by atoms with van der Waals surface area (Å²) in [5, 5.41) is 21.6. The number of nitrogens with one attached hydrogen (secondary N) is 1. The largest absolute Gasteiger partial charge is 0.488 e. The number of rotatable bonds is 12. The van der Waals surface area contributed by atoms with Crippen molar-refractivity contribution in [1.82, 2.24) is 15.1 Å². The van der Waals surface area contributed by atoms with E-state index in [0.29, 0.717) is 22.5 Å². The van der Waals surface area contributed by atoms with Gasteiger partial charge in [0.1, 0.15) is 6.04 Å². The number of carbonyl (C=O) groups excluding carboxylic acids is 4. The summed E-state index contributed by atoms with van der Waals surface area (Å²) < 4.78 is 0. The highest BCUT2D eigenvalue weighted by Gasteiger charge is 2.45. The van der Waals surface area contributed by atoms with Gasteiger partial charge in [-0.15, -0.1) is 0 Å². The highest BCUT2D eigenvalue weighted by atomic mass is 16.4. The number of hydrogen-bond acceptors (Lipinski definition) is 9. The third-order valence-corrected chi connectivity index (χ3v) is 12.7. The van der Waals surface area contributed by atoms with Crippen molar-refractivity contribution in [3.05, 3.63) is 125 Å². The Morgan fingerprint density at radius 1 is 0.695 bits per heavy atom. The summed E-state index contributed by atoms with van der Waals surface area (Å²) in [7, 11) is -1.50. The molecule has 0 aliphatic carbocycles. The van der Waals surface area contributed by atoms with E-state index < -0.39 is 30.9 Å². The molecule has 8 rings (SSSR count). The van der Waals surface area contributed by atoms with Gasteiger partial charge in [0.05, 0.1) is 11.1 Å². The van der Waals surface area contributed by atoms with Gasteiger partial charge in [-0.3, -0.25) is 34.3 Å². The molecule has 0 aromatic heterocycles. The van der Waals surface area contributed by atoms with Crippen LogP contribution in [-0.4, -0.2) is 102 Å². The van der Waals surface area contributed by atoms with E-state index in [2.05, 4.69) is 75.5 Å². The molecule has 3 saturated heterocycles. The second-order valence-electron chi connectivity index (χ2n) is 16.2. The van der Waals surface area contributed by atoms with Gasteiger partial charge in [-0.2, -0.15) is 0 Å². The minimum atomic E-state index is -1.50. The zero-order valence-electron chi connectivity index (χ0n) is 33.7. The first-order valence-corrected chi connectivity index (χ1v) is 21.1. The minimum absolute atomic E-state index is 0.103. The fourth-order valence-electron chi connectivity index (χ4n) is 9.31. The van der Waals surface area contributed by atoms with Crippen molar-refractivity contribution in [3.8, 4) is 0 Å². The number of benzene rings is 4. The lowest BCUT2D eigenvalue weighted by atomic mass is 9.79. The monoisotopic (exact) mass is 793 g/mol. The lowest BCUT2D eigenvalue weighted by Gasteiger charge is -2.37. The van der Waals surface area contributed by atoms with Gasteiger partial charge in [-0.25, -0.2) is 0 Å². The molecular formula is C47H52BN5O6. The zero-order valence-corrected chi connectivity index (χ0v) is 33.7. The minimum Gasteiger partial charge on any atom is -0.423 e. The molecule has 3 N–H and O–H groups in total. The Hall–Kier alpha value is -5.56. The van der Waals surface area contributed by atoms with Gasteiger partial charge in [-0.1, -0.05) is 73.7 Å². The molecule has 4 aromatic rings. The Kier molecular flexibility index (Phi) is 12.1. The van der Waals surface area contributed by atoms with E-state index in [0.717, 1.165) is 92.4 Å². The van der Waals surface area contributed by atoms with E-state index in [9.17, 15) is 29.2 Å². The zero-order chi connectivity index (χ0) is 41.0. The fraction of sp³-hybridized carbons (Fsp3) is 0.362. The van der Waals surface area contributed by atoms with E-state index in [1.807, 2.05) is 24.3 Å². The molecule has 4 aliphatic heterocycles. The second-order valence-corrected chi connectivity index (χ2v) is 16.2. The first-order chi connectivity index (χ1) is 28.7. The number of fused-ring (bicyclic) bond motifs is 1. The van der Waals surface area contributed by atoms with Crippen LogP contribution in [0.3, 0.4) is 0 Å². The van der Waals surface area contributed by atoms with Crippen LogP contribution in [-0.2, 0) is 9.59 Å². The summed E-state index contributed by atoms with van der Waals surface area (Å²) in [5.74, 6) is -1.26. The number of anilines is 2. The maximum atomic E-state index is 13.3. The Labute approximate surface area is 346 Å². The van der Waals surface area contributed by atoms with Crippen molar-refractivity contribution in [2.75, 3.05) is 55.6 Å². The Morgan fingerprint density at radius 2 is 1.32 bits per heavy atom. The van der Waals surface area contributed by atoms with Crippen molar-refractivity contribution >= 4 is 58.7 Å². The molecule has 3 fully saturated rings. The summed E-state index contributed by atoms with van der Waals surface area (Å²) in [6, 6.07) is 31.3. The summed E-state index contributed by atoms with van der Waals surface area (Å²) in [6.07, 6.45) is 5.62. The number of piperazine rings is 1. The first kappa shape index (κ1) is 40.2. The van der Waals surface area contributed by atoms with Crippen LogP contribution >= 0.6 is 0 Å². The van der Waals surface area contributed by atoms with E-state index >= 15 is 0 Å². The third-order valence-electron chi connectivity index (χ3n) is 12.7. The van der Waals surface area contributed by atoms with Gasteiger partial charge in [0, 0.05) is 57.1 Å². The SMILES string of the molecule is CC/C(=C(\c1ccc(B(O)O)cc1)c1ccc(N2CCN(CCCC3CCN(c4ccc5c(c4)C(=O)N(C4CCC(=O)NC4=O)C5=O)CC3)CC2)cc1)c1ccccc1. The Bertz CT molecular complexity index is 2210. The maximum Gasteiger partial charge on any atom is 0.488 e. The molecule has 304 valence electrons. The topological polar surface area (TPSA) is 134 Å². The summed E-state index contributed by atoms with van der Waals surface area (Å²) in [4.78, 5) is 58.9. The summed E-state index contributed by atoms with van der Waals surface area (Å²) in [5.41, 5.74) is 9.01. The van der Waals surface area contributed by atoms with Crippen LogP contribution in [0.1, 0.15) is 89.3 Å². The molecule has 0 saturated carbocycles. The molecule has 59 heavy (non-hydrogen) atoms. The molecular weight excluding hydrogens is 741 g/mol. The highest BCUT2D eigenvalue weighted by Crippen LogP contribution is 2.36. The highest BCUT2D eigenvalue weighted by molar-refractivity contribution is 6.58. The number of amides is 4. The molecule has 4 aliphatic rings. The Balaban J connectivity index is 0.815. The maximum absolute atomic E-state index is 13.3. The number of piperidine rings is 2. The predicted molar refractivity (Wildman–Crippen MR) is 231 cm³/mol. The molecule has 1 unspecified atom stereocenters. The summed E-state index contributed by atoms with van der Waals surface area (Å²) in [6.45, 7) is 9.08. The average molecular weight is 794 g/mol. The standard InChI is InChI=1S/C47H52BN5O6/c1-2-39(33-8-4-3-5-9-33)44(34-10-14-36(15-11-34)48(58)59)35-12-16-37(17-13-35)52-29-27-50(28-30-52)24-6-7-32-22-25-51(26-23-32)38-18-19-40-41(31-38)47(57)53(46(40)56)42-20-21-43(54)49-45(42)55/h3-5,8-19,31-32,42,58-59H,2,6-7,20-30H2,1H3,(H,49,54,55)/b44-39-. The average Bonchev–Trinajstić information content (AvgIpc) is 3.51. The van der Waals surface area contributed by atoms with Gasteiger partial charge in [-0.05, 0) is 115 Å². The van der Waals surface area contributed by atoms with Gasteiger partial charge >= 0.3 is 7.12 Å². The second kappa shape index (κ2) is 17.7. The van der Waals surface area contributed by atoms with Crippen LogP contribution in [0.15, 0.2) is 97.1 Å². The van der Waals surface area contributed by atoms with E-state index in [4.69, 9.17) is 0 Å². The molecule has 4 heterocycles. The smallest absolute Gasteiger partial charge is 0.423 e. The molecule has 4 amide bonds. The van der Waals surface area contributed by atoms with E-state index in [-0.39, 0.29) is 18.7 Å². The van der Waals surface area contributed by atoms with E-state index in [1.165, 1.54) is 29.7 Å². The number of nitrogens with zero attached hydrogens (tertiary/aromatic N) is 4. The molecule has 1 atom stereocenters. The normalized spacial score (nSPS) is 19.5. The molecule has 0 radical (unpaired) electrons. The Morgan fingerprint density at radius 3 is 1.97 bits per heavy atom. The first-order valence-electron chi connectivity index (χ1n) is 21.1. The van der Waals surface area contributed by atoms with Crippen molar-refractivity contribution in [1.29, 1.82) is 0 Å². The van der Waals surface area contributed by atoms with Crippen molar-refractivity contribution in [2.24, 2.45) is 5.92 Å². The third kappa shape index (κ3) is 8.62. The molecule has 0 bridgehead atoms. The van der Waals surface area contributed by atoms with Crippen LogP contribution < -0.4 is 20.6 Å².